The van der Waals surface area contributed by atoms with Gasteiger partial charge in [-0.2, -0.15) is 11.8 Å². The first kappa shape index (κ1) is 13.2. The van der Waals surface area contributed by atoms with Crippen LogP contribution >= 0.6 is 11.8 Å². The van der Waals surface area contributed by atoms with Crippen molar-refractivity contribution in [2.75, 3.05) is 12.8 Å². The molecule has 5 heteroatoms. The number of rotatable bonds is 4. The molecule has 0 atom stereocenters. The summed E-state index contributed by atoms with van der Waals surface area (Å²) >= 11 is 1.73. The maximum absolute atomic E-state index is 13.5. The van der Waals surface area contributed by atoms with Crippen molar-refractivity contribution in [2.24, 2.45) is 0 Å². The van der Waals surface area contributed by atoms with Gasteiger partial charge in [-0.25, -0.2) is 4.39 Å². The first-order valence-electron chi connectivity index (χ1n) is 5.89. The normalized spacial score (nSPS) is 17.0. The molecule has 3 nitrogen and oxygen atoms in total. The molecule has 2 rings (SSSR count). The zero-order valence-electron chi connectivity index (χ0n) is 10.2. The zero-order chi connectivity index (χ0) is 13.2. The molecule has 0 radical (unpaired) electrons. The van der Waals surface area contributed by atoms with Crippen molar-refractivity contribution < 1.29 is 14.3 Å². The molecule has 1 aliphatic rings. The molecule has 98 valence electrons. The third-order valence-corrected chi connectivity index (χ3v) is 4.91. The molecule has 0 bridgehead atoms. The van der Waals surface area contributed by atoms with Gasteiger partial charge in [0, 0.05) is 11.3 Å². The fourth-order valence-electron chi connectivity index (χ4n) is 2.09. The van der Waals surface area contributed by atoms with Crippen LogP contribution in [0.15, 0.2) is 18.2 Å². The molecule has 1 amide bonds. The topological polar surface area (TPSA) is 49.3 Å². The number of nitrogens with one attached hydrogen (secondary N) is 1. The number of carbonyl (C=O) groups is 1. The molecule has 0 saturated heterocycles. The van der Waals surface area contributed by atoms with Gasteiger partial charge in [0.2, 0.25) is 0 Å². The van der Waals surface area contributed by atoms with Crippen LogP contribution in [-0.4, -0.2) is 28.6 Å². The maximum Gasteiger partial charge on any atom is 0.258 e. The average molecular weight is 269 g/mol. The highest BCUT2D eigenvalue weighted by Crippen LogP contribution is 2.42. The Morgan fingerprint density at radius 1 is 1.56 bits per heavy atom. The van der Waals surface area contributed by atoms with Crippen LogP contribution < -0.4 is 5.32 Å². The van der Waals surface area contributed by atoms with Crippen molar-refractivity contribution in [1.82, 2.24) is 5.32 Å². The Hall–Kier alpha value is -1.23. The molecule has 1 aromatic rings. The molecule has 1 aromatic carbocycles. The average Bonchev–Trinajstić information content (AvgIpc) is 2.28. The fourth-order valence-corrected chi connectivity index (χ4v) is 3.00. The number of phenols is 1. The SMILES string of the molecule is CSC1(CNC(=O)c2c(O)cccc2F)CCC1. The number of halogens is 1. The van der Waals surface area contributed by atoms with Gasteiger partial charge in [-0.15, -0.1) is 0 Å². The summed E-state index contributed by atoms with van der Waals surface area (Å²) in [4.78, 5) is 11.9. The number of benzene rings is 1. The number of carbonyl (C=O) groups excluding carboxylic acids is 1. The Morgan fingerprint density at radius 3 is 2.78 bits per heavy atom. The summed E-state index contributed by atoms with van der Waals surface area (Å²) in [5.74, 6) is -1.57. The van der Waals surface area contributed by atoms with E-state index in [1.165, 1.54) is 24.6 Å². The van der Waals surface area contributed by atoms with Crippen molar-refractivity contribution >= 4 is 17.7 Å². The third-order valence-electron chi connectivity index (χ3n) is 3.49. The minimum absolute atomic E-state index is 0.0938. The van der Waals surface area contributed by atoms with E-state index in [9.17, 15) is 14.3 Å². The predicted molar refractivity (Wildman–Crippen MR) is 70.5 cm³/mol. The molecule has 2 N–H and O–H groups in total. The molecular weight excluding hydrogens is 253 g/mol. The summed E-state index contributed by atoms with van der Waals surface area (Å²) in [5, 5.41) is 12.2. The van der Waals surface area contributed by atoms with Crippen molar-refractivity contribution in [1.29, 1.82) is 0 Å². The van der Waals surface area contributed by atoms with Gasteiger partial charge in [0.1, 0.15) is 17.1 Å². The second-order valence-electron chi connectivity index (χ2n) is 4.56. The van der Waals surface area contributed by atoms with E-state index in [0.29, 0.717) is 6.54 Å². The summed E-state index contributed by atoms with van der Waals surface area (Å²) in [6.45, 7) is 0.515. The van der Waals surface area contributed by atoms with E-state index in [4.69, 9.17) is 0 Å². The second kappa shape index (κ2) is 5.18. The third kappa shape index (κ3) is 2.46. The summed E-state index contributed by atoms with van der Waals surface area (Å²) in [6, 6.07) is 3.85. The van der Waals surface area contributed by atoms with Crippen LogP contribution in [0.3, 0.4) is 0 Å². The summed E-state index contributed by atoms with van der Waals surface area (Å²) in [5.41, 5.74) is -0.270. The van der Waals surface area contributed by atoms with Crippen molar-refractivity contribution in [3.8, 4) is 5.75 Å². The highest BCUT2D eigenvalue weighted by Gasteiger charge is 2.36. The minimum atomic E-state index is -0.695. The van der Waals surface area contributed by atoms with Crippen LogP contribution in [-0.2, 0) is 0 Å². The monoisotopic (exact) mass is 269 g/mol. The zero-order valence-corrected chi connectivity index (χ0v) is 11.0. The Kier molecular flexibility index (Phi) is 3.80. The lowest BCUT2D eigenvalue weighted by molar-refractivity contribution is 0.0937. The van der Waals surface area contributed by atoms with Gasteiger partial charge in [0.05, 0.1) is 0 Å². The lowest BCUT2D eigenvalue weighted by atomic mass is 9.84. The van der Waals surface area contributed by atoms with E-state index in [-0.39, 0.29) is 16.1 Å². The second-order valence-corrected chi connectivity index (χ2v) is 5.83. The molecule has 1 aliphatic carbocycles. The van der Waals surface area contributed by atoms with Crippen molar-refractivity contribution in [3.05, 3.63) is 29.6 Å². The number of phenolic OH excluding ortho intramolecular Hbond substituents is 1. The molecule has 0 spiro atoms. The Labute approximate surface area is 110 Å². The molecule has 0 aromatic heterocycles. The van der Waals surface area contributed by atoms with Crippen molar-refractivity contribution in [3.63, 3.8) is 0 Å². The number of aromatic hydroxyl groups is 1. The van der Waals surface area contributed by atoms with E-state index in [2.05, 4.69) is 5.32 Å². The van der Waals surface area contributed by atoms with E-state index < -0.39 is 11.7 Å². The van der Waals surface area contributed by atoms with Gasteiger partial charge in [-0.1, -0.05) is 12.5 Å². The first-order chi connectivity index (χ1) is 8.58. The summed E-state index contributed by atoms with van der Waals surface area (Å²) in [6.07, 6.45) is 5.32. The standard InChI is InChI=1S/C13H16FNO2S/c1-18-13(6-3-7-13)8-15-12(17)11-9(14)4-2-5-10(11)16/h2,4-5,16H,3,6-8H2,1H3,(H,15,17). The van der Waals surface area contributed by atoms with Crippen LogP contribution in [0.25, 0.3) is 0 Å². The number of hydrogen-bond acceptors (Lipinski definition) is 3. The van der Waals surface area contributed by atoms with Crippen LogP contribution in [0.2, 0.25) is 0 Å². The van der Waals surface area contributed by atoms with Gasteiger partial charge in [-0.3, -0.25) is 4.79 Å². The smallest absolute Gasteiger partial charge is 0.258 e. The Balaban J connectivity index is 2.04. The fraction of sp³-hybridized carbons (Fsp3) is 0.462. The molecule has 1 fully saturated rings. The van der Waals surface area contributed by atoms with Crippen LogP contribution in [0, 0.1) is 5.82 Å². The van der Waals surface area contributed by atoms with Crippen LogP contribution in [0.5, 0.6) is 5.75 Å². The number of thioether (sulfide) groups is 1. The van der Waals surface area contributed by atoms with Gasteiger partial charge in [-0.05, 0) is 31.2 Å². The quantitative estimate of drug-likeness (QED) is 0.883. The predicted octanol–water partition coefficient (Wildman–Crippen LogP) is 2.55. The molecule has 1 saturated carbocycles. The van der Waals surface area contributed by atoms with Crippen LogP contribution in [0.1, 0.15) is 29.6 Å². The van der Waals surface area contributed by atoms with Gasteiger partial charge in [0.25, 0.3) is 5.91 Å². The van der Waals surface area contributed by atoms with E-state index in [1.54, 1.807) is 11.8 Å². The summed E-state index contributed by atoms with van der Waals surface area (Å²) in [7, 11) is 0. The maximum atomic E-state index is 13.5. The lowest BCUT2D eigenvalue weighted by Crippen LogP contribution is -2.45. The minimum Gasteiger partial charge on any atom is -0.507 e. The van der Waals surface area contributed by atoms with E-state index in [1.807, 2.05) is 6.26 Å². The van der Waals surface area contributed by atoms with Gasteiger partial charge in [0.15, 0.2) is 0 Å². The van der Waals surface area contributed by atoms with E-state index in [0.717, 1.165) is 12.8 Å². The molecular formula is C13H16FNO2S. The first-order valence-corrected chi connectivity index (χ1v) is 7.11. The molecule has 0 aliphatic heterocycles. The highest BCUT2D eigenvalue weighted by molar-refractivity contribution is 8.00. The van der Waals surface area contributed by atoms with E-state index >= 15 is 0 Å². The number of hydrogen-bond donors (Lipinski definition) is 2. The Bertz CT molecular complexity index is 435. The molecule has 18 heavy (non-hydrogen) atoms. The Morgan fingerprint density at radius 2 is 2.28 bits per heavy atom. The molecule has 0 unspecified atom stereocenters. The summed E-state index contributed by atoms with van der Waals surface area (Å²) < 4.78 is 13.6. The largest absolute Gasteiger partial charge is 0.507 e. The van der Waals surface area contributed by atoms with Gasteiger partial charge >= 0.3 is 0 Å². The lowest BCUT2D eigenvalue weighted by Gasteiger charge is -2.40. The van der Waals surface area contributed by atoms with Crippen LogP contribution in [0.4, 0.5) is 4.39 Å². The number of amides is 1. The van der Waals surface area contributed by atoms with Gasteiger partial charge < -0.3 is 10.4 Å². The highest BCUT2D eigenvalue weighted by atomic mass is 32.2. The molecule has 0 heterocycles. The van der Waals surface area contributed by atoms with Crippen molar-refractivity contribution in [2.45, 2.75) is 24.0 Å².